The SMILES string of the molecule is N#Cc1cccc(Cl)c1N(C(=O)O)C(=O)O. The maximum atomic E-state index is 10.7. The van der Waals surface area contributed by atoms with Gasteiger partial charge in [0, 0.05) is 0 Å². The van der Waals surface area contributed by atoms with E-state index in [0.29, 0.717) is 0 Å². The summed E-state index contributed by atoms with van der Waals surface area (Å²) in [7, 11) is 0. The molecule has 0 radical (unpaired) electrons. The Labute approximate surface area is 94.9 Å². The summed E-state index contributed by atoms with van der Waals surface area (Å²) < 4.78 is 0. The van der Waals surface area contributed by atoms with E-state index in [0.717, 1.165) is 0 Å². The van der Waals surface area contributed by atoms with Gasteiger partial charge in [0.2, 0.25) is 0 Å². The van der Waals surface area contributed by atoms with Crippen LogP contribution in [0.2, 0.25) is 5.02 Å². The topological polar surface area (TPSA) is 102 Å². The molecule has 0 atom stereocenters. The Balaban J connectivity index is 3.46. The molecule has 0 aliphatic rings. The van der Waals surface area contributed by atoms with Crippen LogP contribution < -0.4 is 4.90 Å². The number of hydrogen-bond acceptors (Lipinski definition) is 3. The van der Waals surface area contributed by atoms with Gasteiger partial charge in [-0.05, 0) is 12.1 Å². The molecule has 7 heteroatoms. The van der Waals surface area contributed by atoms with Gasteiger partial charge in [-0.15, -0.1) is 0 Å². The minimum absolute atomic E-state index is 0.000880. The van der Waals surface area contributed by atoms with Crippen molar-refractivity contribution in [3.63, 3.8) is 0 Å². The van der Waals surface area contributed by atoms with Crippen LogP contribution in [0.25, 0.3) is 0 Å². The molecule has 0 spiro atoms. The summed E-state index contributed by atoms with van der Waals surface area (Å²) in [6.45, 7) is 0. The number of anilines is 1. The Kier molecular flexibility index (Phi) is 3.33. The van der Waals surface area contributed by atoms with E-state index in [1.807, 2.05) is 0 Å². The molecule has 0 heterocycles. The van der Waals surface area contributed by atoms with Gasteiger partial charge < -0.3 is 10.2 Å². The van der Waals surface area contributed by atoms with Gasteiger partial charge in [-0.2, -0.15) is 10.2 Å². The van der Waals surface area contributed by atoms with Gasteiger partial charge in [-0.3, -0.25) is 0 Å². The van der Waals surface area contributed by atoms with Gasteiger partial charge in [0.15, 0.2) is 0 Å². The lowest BCUT2D eigenvalue weighted by molar-refractivity contribution is 0.184. The molecule has 0 saturated carbocycles. The molecule has 82 valence electrons. The number of halogens is 1. The van der Waals surface area contributed by atoms with E-state index >= 15 is 0 Å². The summed E-state index contributed by atoms with van der Waals surface area (Å²) in [5.74, 6) is 0. The van der Waals surface area contributed by atoms with Crippen LogP contribution >= 0.6 is 11.6 Å². The van der Waals surface area contributed by atoms with E-state index in [1.54, 1.807) is 6.07 Å². The van der Waals surface area contributed by atoms with Gasteiger partial charge in [-0.25, -0.2) is 9.59 Å². The molecule has 1 rings (SSSR count). The zero-order valence-electron chi connectivity index (χ0n) is 7.72. The first kappa shape index (κ1) is 11.8. The average molecular weight is 241 g/mol. The quantitative estimate of drug-likeness (QED) is 0.785. The van der Waals surface area contributed by atoms with E-state index in [9.17, 15) is 9.59 Å². The van der Waals surface area contributed by atoms with Crippen molar-refractivity contribution in [2.45, 2.75) is 0 Å². The summed E-state index contributed by atoms with van der Waals surface area (Å²) in [6, 6.07) is 5.68. The molecular weight excluding hydrogens is 236 g/mol. The summed E-state index contributed by atoms with van der Waals surface area (Å²) >= 11 is 5.67. The fraction of sp³-hybridized carbons (Fsp3) is 0. The fourth-order valence-electron chi connectivity index (χ4n) is 1.11. The van der Waals surface area contributed by atoms with Crippen LogP contribution in [-0.2, 0) is 0 Å². The van der Waals surface area contributed by atoms with Crippen molar-refractivity contribution < 1.29 is 19.8 Å². The summed E-state index contributed by atoms with van der Waals surface area (Å²) in [5.41, 5.74) is -0.482. The van der Waals surface area contributed by atoms with Crippen LogP contribution in [0, 0.1) is 11.3 Å². The number of amides is 2. The Morgan fingerprint density at radius 1 is 1.31 bits per heavy atom. The maximum Gasteiger partial charge on any atom is 0.421 e. The number of nitriles is 1. The summed E-state index contributed by atoms with van der Waals surface area (Å²) in [4.78, 5) is 21.5. The third-order valence-corrected chi connectivity index (χ3v) is 2.02. The number of benzene rings is 1. The number of carboxylic acid groups (broad SMARTS) is 2. The first-order valence-corrected chi connectivity index (χ1v) is 4.31. The zero-order chi connectivity index (χ0) is 12.3. The predicted molar refractivity (Wildman–Crippen MR) is 54.7 cm³/mol. The van der Waals surface area contributed by atoms with Crippen LogP contribution in [0.15, 0.2) is 18.2 Å². The predicted octanol–water partition coefficient (Wildman–Crippen LogP) is 2.37. The van der Waals surface area contributed by atoms with E-state index in [4.69, 9.17) is 27.1 Å². The lowest BCUT2D eigenvalue weighted by Crippen LogP contribution is -2.35. The number of imide groups is 1. The first-order valence-electron chi connectivity index (χ1n) is 3.93. The normalized spacial score (nSPS) is 9.25. The van der Waals surface area contributed by atoms with Crippen molar-refractivity contribution in [1.82, 2.24) is 0 Å². The number of nitrogens with zero attached hydrogens (tertiary/aromatic N) is 2. The largest absolute Gasteiger partial charge is 0.464 e. The first-order chi connectivity index (χ1) is 7.49. The van der Waals surface area contributed by atoms with Gasteiger partial charge in [0.1, 0.15) is 6.07 Å². The molecule has 0 aromatic heterocycles. The highest BCUT2D eigenvalue weighted by atomic mass is 35.5. The Hall–Kier alpha value is -2.26. The van der Waals surface area contributed by atoms with E-state index in [-0.39, 0.29) is 21.2 Å². The second-order valence-electron chi connectivity index (χ2n) is 2.65. The van der Waals surface area contributed by atoms with Crippen LogP contribution in [-0.4, -0.2) is 22.4 Å². The third kappa shape index (κ3) is 2.04. The lowest BCUT2D eigenvalue weighted by Gasteiger charge is -2.15. The van der Waals surface area contributed by atoms with Gasteiger partial charge >= 0.3 is 12.2 Å². The van der Waals surface area contributed by atoms with Crippen LogP contribution in [0.5, 0.6) is 0 Å². The number of para-hydroxylation sites is 1. The van der Waals surface area contributed by atoms with E-state index < -0.39 is 12.2 Å². The minimum atomic E-state index is -1.72. The molecule has 2 N–H and O–H groups in total. The number of hydrogen-bond donors (Lipinski definition) is 2. The van der Waals surface area contributed by atoms with Crippen LogP contribution in [0.4, 0.5) is 15.3 Å². The van der Waals surface area contributed by atoms with Crippen molar-refractivity contribution in [3.05, 3.63) is 28.8 Å². The number of carbonyl (C=O) groups is 2. The van der Waals surface area contributed by atoms with E-state index in [1.165, 1.54) is 18.2 Å². The van der Waals surface area contributed by atoms with Gasteiger partial charge in [0.25, 0.3) is 0 Å². The van der Waals surface area contributed by atoms with Crippen molar-refractivity contribution in [1.29, 1.82) is 5.26 Å². The molecule has 6 nitrogen and oxygen atoms in total. The highest BCUT2D eigenvalue weighted by molar-refractivity contribution is 6.35. The standard InChI is InChI=1S/C9H5ClN2O4/c10-6-3-1-2-5(4-11)7(6)12(8(13)14)9(15)16/h1-3H,(H,13,14)(H,15,16). The molecule has 0 fully saturated rings. The molecule has 16 heavy (non-hydrogen) atoms. The molecule has 0 saturated heterocycles. The highest BCUT2D eigenvalue weighted by Gasteiger charge is 2.27. The third-order valence-electron chi connectivity index (χ3n) is 1.71. The van der Waals surface area contributed by atoms with Crippen LogP contribution in [0.1, 0.15) is 5.56 Å². The zero-order valence-corrected chi connectivity index (χ0v) is 8.47. The number of rotatable bonds is 1. The second-order valence-corrected chi connectivity index (χ2v) is 3.06. The van der Waals surface area contributed by atoms with Gasteiger partial charge in [0.05, 0.1) is 16.3 Å². The minimum Gasteiger partial charge on any atom is -0.464 e. The molecule has 2 amide bonds. The Morgan fingerprint density at radius 2 is 1.88 bits per heavy atom. The second kappa shape index (κ2) is 4.51. The Morgan fingerprint density at radius 3 is 2.31 bits per heavy atom. The molecule has 0 aliphatic heterocycles. The smallest absolute Gasteiger partial charge is 0.421 e. The Bertz CT molecular complexity index is 481. The van der Waals surface area contributed by atoms with Crippen molar-refractivity contribution in [3.8, 4) is 6.07 Å². The van der Waals surface area contributed by atoms with E-state index in [2.05, 4.69) is 0 Å². The molecule has 0 aliphatic carbocycles. The van der Waals surface area contributed by atoms with Crippen molar-refractivity contribution in [2.75, 3.05) is 4.90 Å². The summed E-state index contributed by atoms with van der Waals surface area (Å²) in [6.07, 6.45) is -3.45. The molecule has 1 aromatic carbocycles. The fourth-order valence-corrected chi connectivity index (χ4v) is 1.36. The maximum absolute atomic E-state index is 10.7. The lowest BCUT2D eigenvalue weighted by atomic mass is 10.2. The molecule has 0 bridgehead atoms. The average Bonchev–Trinajstić information content (AvgIpc) is 2.19. The van der Waals surface area contributed by atoms with Gasteiger partial charge in [-0.1, -0.05) is 17.7 Å². The van der Waals surface area contributed by atoms with Crippen LogP contribution in [0.3, 0.4) is 0 Å². The molecule has 0 unspecified atom stereocenters. The van der Waals surface area contributed by atoms with Crippen molar-refractivity contribution in [2.24, 2.45) is 0 Å². The summed E-state index contributed by atoms with van der Waals surface area (Å²) in [5, 5.41) is 26.0. The highest BCUT2D eigenvalue weighted by Crippen LogP contribution is 2.29. The van der Waals surface area contributed by atoms with Crippen molar-refractivity contribution >= 4 is 29.5 Å². The molecular formula is C9H5ClN2O4. The molecule has 1 aromatic rings. The monoisotopic (exact) mass is 240 g/mol.